The van der Waals surface area contributed by atoms with Crippen LogP contribution >= 0.6 is 0 Å². The normalized spacial score (nSPS) is 14.3. The first kappa shape index (κ1) is 24.4. The molecule has 1 heterocycles. The van der Waals surface area contributed by atoms with Crippen LogP contribution in [0.5, 0.6) is 11.5 Å². The molecule has 8 nitrogen and oxygen atoms in total. The predicted molar refractivity (Wildman–Crippen MR) is 133 cm³/mol. The first-order valence-corrected chi connectivity index (χ1v) is 12.9. The lowest BCUT2D eigenvalue weighted by Crippen LogP contribution is -2.52. The lowest BCUT2D eigenvalue weighted by molar-refractivity contribution is -0.131. The summed E-state index contributed by atoms with van der Waals surface area (Å²) in [5.74, 6) is 0.621. The van der Waals surface area contributed by atoms with Gasteiger partial charge in [0.1, 0.15) is 11.5 Å². The minimum atomic E-state index is -3.46. The summed E-state index contributed by atoms with van der Waals surface area (Å²) in [5.41, 5.74) is 1.14. The van der Waals surface area contributed by atoms with Crippen LogP contribution < -0.4 is 10.1 Å². The Labute approximate surface area is 205 Å². The van der Waals surface area contributed by atoms with E-state index in [1.807, 2.05) is 48.5 Å². The quantitative estimate of drug-likeness (QED) is 0.521. The number of rotatable bonds is 8. The summed E-state index contributed by atoms with van der Waals surface area (Å²) in [5, 5.41) is 2.64. The van der Waals surface area contributed by atoms with Gasteiger partial charge in [-0.15, -0.1) is 0 Å². The van der Waals surface area contributed by atoms with E-state index in [0.29, 0.717) is 17.1 Å². The van der Waals surface area contributed by atoms with E-state index in [-0.39, 0.29) is 50.3 Å². The van der Waals surface area contributed by atoms with Gasteiger partial charge in [0.25, 0.3) is 5.91 Å². The van der Waals surface area contributed by atoms with E-state index in [1.54, 1.807) is 41.3 Å². The Morgan fingerprint density at radius 1 is 0.771 bits per heavy atom. The number of para-hydroxylation sites is 1. The Morgan fingerprint density at radius 2 is 1.34 bits per heavy atom. The fraction of sp³-hybridized carbons (Fsp3) is 0.231. The molecule has 4 rings (SSSR count). The molecule has 0 saturated carbocycles. The van der Waals surface area contributed by atoms with Crippen molar-refractivity contribution in [1.29, 1.82) is 0 Å². The summed E-state index contributed by atoms with van der Waals surface area (Å²) in [6, 6.07) is 25.0. The van der Waals surface area contributed by atoms with Gasteiger partial charge in [0.15, 0.2) is 0 Å². The maximum Gasteiger partial charge on any atom is 0.251 e. The van der Waals surface area contributed by atoms with Gasteiger partial charge in [-0.3, -0.25) is 9.59 Å². The van der Waals surface area contributed by atoms with Crippen LogP contribution in [0.2, 0.25) is 0 Å². The van der Waals surface area contributed by atoms with Gasteiger partial charge in [-0.05, 0) is 42.0 Å². The molecular formula is C26H27N3O5S. The zero-order chi connectivity index (χ0) is 24.7. The van der Waals surface area contributed by atoms with E-state index < -0.39 is 10.0 Å². The molecule has 35 heavy (non-hydrogen) atoms. The number of nitrogens with one attached hydrogen (secondary N) is 1. The van der Waals surface area contributed by atoms with Gasteiger partial charge in [0.2, 0.25) is 15.9 Å². The summed E-state index contributed by atoms with van der Waals surface area (Å²) >= 11 is 0. The molecule has 0 unspecified atom stereocenters. The molecule has 1 saturated heterocycles. The Hall–Kier alpha value is -3.69. The Kier molecular flexibility index (Phi) is 7.79. The van der Waals surface area contributed by atoms with Crippen molar-refractivity contribution < 1.29 is 22.7 Å². The number of carbonyl (C=O) groups is 2. The number of nitrogens with zero attached hydrogens (tertiary/aromatic N) is 2. The number of hydrogen-bond donors (Lipinski definition) is 1. The lowest BCUT2D eigenvalue weighted by atomic mass is 10.2. The molecule has 0 bridgehead atoms. The smallest absolute Gasteiger partial charge is 0.251 e. The number of sulfonamides is 1. The molecule has 0 spiro atoms. The average Bonchev–Trinajstić information content (AvgIpc) is 2.88. The van der Waals surface area contributed by atoms with Crippen molar-refractivity contribution in [3.63, 3.8) is 0 Å². The highest BCUT2D eigenvalue weighted by molar-refractivity contribution is 7.88. The highest BCUT2D eigenvalue weighted by Crippen LogP contribution is 2.21. The summed E-state index contributed by atoms with van der Waals surface area (Å²) in [4.78, 5) is 26.6. The Balaban J connectivity index is 1.23. The fourth-order valence-corrected chi connectivity index (χ4v) is 5.28. The van der Waals surface area contributed by atoms with Crippen molar-refractivity contribution in [3.05, 3.63) is 96.1 Å². The SMILES string of the molecule is O=C(NCC(=O)N1CCN(S(=O)(=O)Cc2ccccc2)CC1)c1ccc(Oc2ccccc2)cc1. The second kappa shape index (κ2) is 11.2. The lowest BCUT2D eigenvalue weighted by Gasteiger charge is -2.34. The van der Waals surface area contributed by atoms with Crippen molar-refractivity contribution in [2.75, 3.05) is 32.7 Å². The molecule has 1 aliphatic rings. The molecule has 182 valence electrons. The molecule has 1 N–H and O–H groups in total. The van der Waals surface area contributed by atoms with Gasteiger partial charge in [-0.1, -0.05) is 48.5 Å². The maximum absolute atomic E-state index is 12.7. The average molecular weight is 494 g/mol. The Bertz CT molecular complexity index is 1240. The van der Waals surface area contributed by atoms with E-state index >= 15 is 0 Å². The molecule has 0 aliphatic carbocycles. The molecule has 0 radical (unpaired) electrons. The summed E-state index contributed by atoms with van der Waals surface area (Å²) in [7, 11) is -3.46. The van der Waals surface area contributed by atoms with Crippen molar-refractivity contribution in [3.8, 4) is 11.5 Å². The molecule has 1 fully saturated rings. The predicted octanol–water partition coefficient (Wildman–Crippen LogP) is 2.88. The summed E-state index contributed by atoms with van der Waals surface area (Å²) in [6.45, 7) is 0.885. The third-order valence-corrected chi connectivity index (χ3v) is 7.52. The van der Waals surface area contributed by atoms with Crippen LogP contribution in [0.3, 0.4) is 0 Å². The molecule has 2 amide bonds. The minimum absolute atomic E-state index is 0.0625. The largest absolute Gasteiger partial charge is 0.457 e. The van der Waals surface area contributed by atoms with E-state index in [1.165, 1.54) is 4.31 Å². The van der Waals surface area contributed by atoms with Crippen molar-refractivity contribution >= 4 is 21.8 Å². The van der Waals surface area contributed by atoms with Crippen LogP contribution in [0.1, 0.15) is 15.9 Å². The summed E-state index contributed by atoms with van der Waals surface area (Å²) < 4.78 is 32.5. The van der Waals surface area contributed by atoms with Crippen molar-refractivity contribution in [1.82, 2.24) is 14.5 Å². The second-order valence-electron chi connectivity index (χ2n) is 8.14. The molecule has 1 aliphatic heterocycles. The first-order valence-electron chi connectivity index (χ1n) is 11.3. The standard InChI is InChI=1S/C26H27N3O5S/c30-25(28-15-17-29(18-16-28)35(32,33)20-21-7-3-1-4-8-21)19-27-26(31)22-11-13-24(14-12-22)34-23-9-5-2-6-10-23/h1-14H,15-20H2,(H,27,31). The molecular weight excluding hydrogens is 466 g/mol. The van der Waals surface area contributed by atoms with Gasteiger partial charge < -0.3 is 15.0 Å². The molecule has 0 aromatic heterocycles. The zero-order valence-corrected chi connectivity index (χ0v) is 20.0. The maximum atomic E-state index is 12.7. The highest BCUT2D eigenvalue weighted by atomic mass is 32.2. The van der Waals surface area contributed by atoms with Gasteiger partial charge in [-0.25, -0.2) is 8.42 Å². The minimum Gasteiger partial charge on any atom is -0.457 e. The first-order chi connectivity index (χ1) is 16.9. The van der Waals surface area contributed by atoms with Crippen LogP contribution in [0.4, 0.5) is 0 Å². The van der Waals surface area contributed by atoms with Gasteiger partial charge in [0.05, 0.1) is 12.3 Å². The fourth-order valence-electron chi connectivity index (χ4n) is 3.76. The van der Waals surface area contributed by atoms with E-state index in [0.717, 1.165) is 5.56 Å². The zero-order valence-electron chi connectivity index (χ0n) is 19.2. The third-order valence-electron chi connectivity index (χ3n) is 5.67. The number of amides is 2. The monoisotopic (exact) mass is 493 g/mol. The van der Waals surface area contributed by atoms with Crippen molar-refractivity contribution in [2.45, 2.75) is 5.75 Å². The summed E-state index contributed by atoms with van der Waals surface area (Å²) in [6.07, 6.45) is 0. The third kappa shape index (κ3) is 6.68. The van der Waals surface area contributed by atoms with Crippen LogP contribution in [0.25, 0.3) is 0 Å². The van der Waals surface area contributed by atoms with Crippen LogP contribution in [-0.2, 0) is 20.6 Å². The van der Waals surface area contributed by atoms with Crippen LogP contribution in [0, 0.1) is 0 Å². The molecule has 3 aromatic rings. The van der Waals surface area contributed by atoms with Gasteiger partial charge in [0, 0.05) is 31.7 Å². The number of ether oxygens (including phenoxy) is 1. The number of carbonyl (C=O) groups excluding carboxylic acids is 2. The molecule has 3 aromatic carbocycles. The van der Waals surface area contributed by atoms with Crippen LogP contribution in [-0.4, -0.2) is 62.2 Å². The number of hydrogen-bond acceptors (Lipinski definition) is 5. The van der Waals surface area contributed by atoms with E-state index in [2.05, 4.69) is 5.32 Å². The van der Waals surface area contributed by atoms with E-state index in [4.69, 9.17) is 4.74 Å². The van der Waals surface area contributed by atoms with E-state index in [9.17, 15) is 18.0 Å². The number of piperazine rings is 1. The van der Waals surface area contributed by atoms with Gasteiger partial charge >= 0.3 is 0 Å². The van der Waals surface area contributed by atoms with Crippen LogP contribution in [0.15, 0.2) is 84.9 Å². The molecule has 0 atom stereocenters. The Morgan fingerprint density at radius 3 is 1.97 bits per heavy atom. The second-order valence-corrected chi connectivity index (χ2v) is 10.1. The molecule has 9 heteroatoms. The van der Waals surface area contributed by atoms with Gasteiger partial charge in [-0.2, -0.15) is 4.31 Å². The van der Waals surface area contributed by atoms with Crippen molar-refractivity contribution in [2.24, 2.45) is 0 Å². The topological polar surface area (TPSA) is 96.0 Å². The highest BCUT2D eigenvalue weighted by Gasteiger charge is 2.29. The number of benzene rings is 3.